The van der Waals surface area contributed by atoms with Crippen molar-refractivity contribution >= 4 is 18.0 Å². The van der Waals surface area contributed by atoms with Crippen LogP contribution in [0.1, 0.15) is 111 Å². The molecule has 0 aliphatic heterocycles. The second kappa shape index (κ2) is 10.6. The summed E-state index contributed by atoms with van der Waals surface area (Å²) in [5.74, 6) is 0.473. The number of carbonyl (C=O) groups excluding carboxylic acids is 1. The van der Waals surface area contributed by atoms with Crippen LogP contribution in [0.3, 0.4) is 0 Å². The molecule has 45 heavy (non-hydrogen) atoms. The second-order valence-corrected chi connectivity index (χ2v) is 17.0. The Morgan fingerprint density at radius 2 is 1.60 bits per heavy atom. The van der Waals surface area contributed by atoms with Gasteiger partial charge in [-0.1, -0.05) is 52.8 Å². The summed E-state index contributed by atoms with van der Waals surface area (Å²) in [4.78, 5) is 25.9. The first-order chi connectivity index (χ1) is 21.0. The number of phenols is 2. The van der Waals surface area contributed by atoms with Crippen LogP contribution in [0.4, 0.5) is 0 Å². The van der Waals surface area contributed by atoms with E-state index in [4.69, 9.17) is 4.74 Å². The van der Waals surface area contributed by atoms with Crippen LogP contribution in [0, 0.1) is 56.7 Å². The Morgan fingerprint density at radius 1 is 0.867 bits per heavy atom. The summed E-state index contributed by atoms with van der Waals surface area (Å²) in [6, 6.07) is 4.46. The fourth-order valence-corrected chi connectivity index (χ4v) is 12.7. The van der Waals surface area contributed by atoms with Gasteiger partial charge in [0.15, 0.2) is 11.5 Å². The van der Waals surface area contributed by atoms with Crippen molar-refractivity contribution in [2.24, 2.45) is 56.7 Å². The summed E-state index contributed by atoms with van der Waals surface area (Å²) >= 11 is 0. The molecule has 0 heterocycles. The van der Waals surface area contributed by atoms with Crippen LogP contribution in [-0.2, 0) is 14.3 Å². The molecule has 5 aliphatic carbocycles. The third-order valence-corrected chi connectivity index (χ3v) is 15.1. The van der Waals surface area contributed by atoms with Gasteiger partial charge in [0.25, 0.3) is 0 Å². The van der Waals surface area contributed by atoms with Gasteiger partial charge in [-0.25, -0.2) is 4.79 Å². The summed E-state index contributed by atoms with van der Waals surface area (Å²) in [6.45, 7) is 18.7. The number of hydrogen-bond acceptors (Lipinski definition) is 5. The predicted octanol–water partition coefficient (Wildman–Crippen LogP) is 8.77. The van der Waals surface area contributed by atoms with Crippen LogP contribution in [0.2, 0.25) is 0 Å². The first kappa shape index (κ1) is 32.2. The monoisotopic (exact) mass is 618 g/mol. The number of aliphatic carboxylic acids is 1. The summed E-state index contributed by atoms with van der Waals surface area (Å²) in [7, 11) is 0. The van der Waals surface area contributed by atoms with Gasteiger partial charge in [-0.15, -0.1) is 0 Å². The van der Waals surface area contributed by atoms with Crippen LogP contribution < -0.4 is 0 Å². The minimum atomic E-state index is -0.598. The molecule has 1 aromatic rings. The second-order valence-electron chi connectivity index (χ2n) is 17.0. The minimum Gasteiger partial charge on any atom is -0.504 e. The number of carboxylic acids is 1. The Hall–Kier alpha value is -2.76. The van der Waals surface area contributed by atoms with Crippen LogP contribution in [0.5, 0.6) is 11.5 Å². The normalized spacial score (nSPS) is 43.4. The summed E-state index contributed by atoms with van der Waals surface area (Å²) in [5, 5.41) is 30.0. The van der Waals surface area contributed by atoms with E-state index < -0.39 is 11.4 Å². The molecule has 0 aromatic heterocycles. The molecule has 6 heteroatoms. The van der Waals surface area contributed by atoms with E-state index in [0.29, 0.717) is 29.2 Å². The van der Waals surface area contributed by atoms with E-state index in [1.54, 1.807) is 12.1 Å². The molecule has 3 N–H and O–H groups in total. The molecule has 5 fully saturated rings. The van der Waals surface area contributed by atoms with Crippen molar-refractivity contribution in [1.29, 1.82) is 0 Å². The molecule has 0 unspecified atom stereocenters. The SMILES string of the molecule is C=C(C)[C@@H]1CC[C@]2(C(=O)O)CC[C@]3(C)[C@H](CC[C@@H]4[C@@]5(C)CC[C@H](OC(=O)C=Cc6ccc(O)c(O)c6)C(C)(C)[C@@H]5CC[C@]43C)[C@@H]12. The molecule has 0 saturated heterocycles. The Bertz CT molecular complexity index is 1430. The largest absolute Gasteiger partial charge is 0.504 e. The van der Waals surface area contributed by atoms with Crippen molar-refractivity contribution in [2.45, 2.75) is 112 Å². The van der Waals surface area contributed by atoms with Gasteiger partial charge in [0.2, 0.25) is 0 Å². The lowest BCUT2D eigenvalue weighted by atomic mass is 9.32. The average molecular weight is 619 g/mol. The van der Waals surface area contributed by atoms with Crippen molar-refractivity contribution in [2.75, 3.05) is 0 Å². The quantitative estimate of drug-likeness (QED) is 0.132. The highest BCUT2D eigenvalue weighted by Crippen LogP contribution is 2.77. The zero-order valence-corrected chi connectivity index (χ0v) is 28.2. The van der Waals surface area contributed by atoms with Crippen LogP contribution in [0.25, 0.3) is 6.08 Å². The highest BCUT2D eigenvalue weighted by Gasteiger charge is 2.72. The molecule has 0 bridgehead atoms. The molecule has 6 rings (SSSR count). The first-order valence-electron chi connectivity index (χ1n) is 17.3. The van der Waals surface area contributed by atoms with Crippen molar-refractivity contribution in [3.05, 3.63) is 42.0 Å². The summed E-state index contributed by atoms with van der Waals surface area (Å²) in [5.41, 5.74) is 1.34. The molecule has 0 radical (unpaired) electrons. The summed E-state index contributed by atoms with van der Waals surface area (Å²) < 4.78 is 6.16. The summed E-state index contributed by atoms with van der Waals surface area (Å²) in [6.07, 6.45) is 12.7. The van der Waals surface area contributed by atoms with Gasteiger partial charge in [0, 0.05) is 11.5 Å². The molecular weight excluding hydrogens is 564 g/mol. The van der Waals surface area contributed by atoms with Gasteiger partial charge in [-0.05, 0) is 141 Å². The van der Waals surface area contributed by atoms with E-state index in [1.165, 1.54) is 23.8 Å². The zero-order valence-electron chi connectivity index (χ0n) is 28.2. The fraction of sp³-hybridized carbons (Fsp3) is 0.692. The van der Waals surface area contributed by atoms with E-state index in [0.717, 1.165) is 64.2 Å². The van der Waals surface area contributed by atoms with E-state index in [-0.39, 0.29) is 51.2 Å². The number of phenolic OH excluding ortho intramolecular Hbond substituents is 2. The Morgan fingerprint density at radius 3 is 2.27 bits per heavy atom. The number of benzene rings is 1. The maximum Gasteiger partial charge on any atom is 0.331 e. The zero-order chi connectivity index (χ0) is 32.7. The molecule has 6 nitrogen and oxygen atoms in total. The first-order valence-corrected chi connectivity index (χ1v) is 17.3. The number of rotatable bonds is 5. The predicted molar refractivity (Wildman–Crippen MR) is 175 cm³/mol. The number of carbonyl (C=O) groups is 2. The highest BCUT2D eigenvalue weighted by molar-refractivity contribution is 5.87. The number of allylic oxidation sites excluding steroid dienone is 1. The van der Waals surface area contributed by atoms with Crippen molar-refractivity contribution in [3.8, 4) is 11.5 Å². The van der Waals surface area contributed by atoms with Crippen LogP contribution >= 0.6 is 0 Å². The average Bonchev–Trinajstić information content (AvgIpc) is 3.37. The molecule has 5 aliphatic rings. The van der Waals surface area contributed by atoms with Crippen molar-refractivity contribution < 1.29 is 29.6 Å². The van der Waals surface area contributed by atoms with Gasteiger partial charge >= 0.3 is 11.9 Å². The van der Waals surface area contributed by atoms with Gasteiger partial charge in [-0.2, -0.15) is 0 Å². The number of aromatic hydroxyl groups is 2. The van der Waals surface area contributed by atoms with Crippen LogP contribution in [-0.4, -0.2) is 33.4 Å². The number of ether oxygens (including phenoxy) is 1. The smallest absolute Gasteiger partial charge is 0.331 e. The van der Waals surface area contributed by atoms with Gasteiger partial charge < -0.3 is 20.1 Å². The lowest BCUT2D eigenvalue weighted by Gasteiger charge is -2.72. The van der Waals surface area contributed by atoms with E-state index in [9.17, 15) is 24.9 Å². The molecule has 1 aromatic carbocycles. The van der Waals surface area contributed by atoms with Gasteiger partial charge in [0.1, 0.15) is 6.10 Å². The third-order valence-electron chi connectivity index (χ3n) is 15.1. The highest BCUT2D eigenvalue weighted by atomic mass is 16.5. The van der Waals surface area contributed by atoms with Crippen molar-refractivity contribution in [1.82, 2.24) is 0 Å². The maximum absolute atomic E-state index is 13.0. The molecule has 246 valence electrons. The van der Waals surface area contributed by atoms with E-state index >= 15 is 0 Å². The fourth-order valence-electron chi connectivity index (χ4n) is 12.7. The molecule has 5 saturated carbocycles. The molecule has 0 spiro atoms. The number of esters is 1. The lowest BCUT2D eigenvalue weighted by Crippen LogP contribution is -2.67. The topological polar surface area (TPSA) is 104 Å². The Balaban J connectivity index is 1.23. The Kier molecular flexibility index (Phi) is 7.61. The van der Waals surface area contributed by atoms with Gasteiger partial charge in [0.05, 0.1) is 5.41 Å². The van der Waals surface area contributed by atoms with Crippen molar-refractivity contribution in [3.63, 3.8) is 0 Å². The third kappa shape index (κ3) is 4.54. The minimum absolute atomic E-state index is 0.0898. The van der Waals surface area contributed by atoms with Gasteiger partial charge in [-0.3, -0.25) is 4.79 Å². The maximum atomic E-state index is 13.0. The molecule has 10 atom stereocenters. The van der Waals surface area contributed by atoms with E-state index in [2.05, 4.69) is 48.1 Å². The number of carboxylic acid groups (broad SMARTS) is 1. The lowest BCUT2D eigenvalue weighted by molar-refractivity contribution is -0.250. The number of fused-ring (bicyclic) bond motifs is 7. The standard InChI is InChI=1S/C39H54O6/c1-23(2)25-14-19-39(34(43)44)21-20-37(6)26(33(25)39)10-12-30-36(5)17-16-31(35(3,4)29(36)15-18-38(30,37)7)45-32(42)13-9-24-8-11-27(40)28(41)22-24/h8-9,11,13,22,25-26,29-31,33,40-41H,1,10,12,14-21H2,2-7H3,(H,43,44)/t25-,26+,29-,30+,31-,33+,36-,37+,38+,39-/m0/s1. The Labute approximate surface area is 269 Å². The van der Waals surface area contributed by atoms with Crippen LogP contribution in [0.15, 0.2) is 36.4 Å². The molecule has 0 amide bonds. The number of hydrogen-bond donors (Lipinski definition) is 3. The van der Waals surface area contributed by atoms with E-state index in [1.807, 2.05) is 0 Å². The molecular formula is C39H54O6.